The van der Waals surface area contributed by atoms with Gasteiger partial charge in [-0.1, -0.05) is 74.0 Å². The molecule has 134 valence electrons. The lowest BCUT2D eigenvalue weighted by molar-refractivity contribution is -0.190. The molecule has 2 atom stereocenters. The Hall–Kier alpha value is -1.69. The van der Waals surface area contributed by atoms with Crippen molar-refractivity contribution in [3.05, 3.63) is 71.8 Å². The van der Waals surface area contributed by atoms with Crippen LogP contribution in [0.1, 0.15) is 36.8 Å². The predicted molar refractivity (Wildman–Crippen MR) is 99.5 cm³/mol. The summed E-state index contributed by atoms with van der Waals surface area (Å²) < 4.78 is 28.6. The molecule has 0 N–H and O–H groups in total. The molecule has 1 saturated heterocycles. The highest BCUT2D eigenvalue weighted by Crippen LogP contribution is 2.42. The standard InChI is InChI=1S/C20H25NO3S/c1-3-10-18-15-21(24-25(2,22)23)20(18)19(16-11-6-4-7-12-16)17-13-8-5-9-14-17/h4-9,11-14,18-20H,3,10,15H2,1-2H3. The number of nitrogens with zero attached hydrogens (tertiary/aromatic N) is 1. The van der Waals surface area contributed by atoms with Crippen LogP contribution in [0.2, 0.25) is 0 Å². The first-order valence-electron chi connectivity index (χ1n) is 8.75. The van der Waals surface area contributed by atoms with E-state index in [1.807, 2.05) is 36.4 Å². The minimum Gasteiger partial charge on any atom is -0.198 e. The van der Waals surface area contributed by atoms with Crippen molar-refractivity contribution < 1.29 is 12.7 Å². The van der Waals surface area contributed by atoms with Gasteiger partial charge in [-0.25, -0.2) is 0 Å². The predicted octanol–water partition coefficient (Wildman–Crippen LogP) is 3.81. The van der Waals surface area contributed by atoms with Gasteiger partial charge in [0.2, 0.25) is 0 Å². The SMILES string of the molecule is CCCC1CN(OS(C)(=O)=O)C1C(c1ccccc1)c1ccccc1. The number of hydroxylamine groups is 2. The van der Waals surface area contributed by atoms with Crippen LogP contribution in [-0.4, -0.2) is 32.3 Å². The summed E-state index contributed by atoms with van der Waals surface area (Å²) in [5.41, 5.74) is 2.36. The fraction of sp³-hybridized carbons (Fsp3) is 0.400. The maximum absolute atomic E-state index is 11.7. The lowest BCUT2D eigenvalue weighted by Gasteiger charge is -2.50. The van der Waals surface area contributed by atoms with E-state index in [4.69, 9.17) is 4.28 Å². The highest BCUT2D eigenvalue weighted by molar-refractivity contribution is 7.85. The van der Waals surface area contributed by atoms with Gasteiger partial charge in [0, 0.05) is 12.5 Å². The first-order chi connectivity index (χ1) is 12.0. The van der Waals surface area contributed by atoms with Gasteiger partial charge < -0.3 is 0 Å². The van der Waals surface area contributed by atoms with Gasteiger partial charge in [0.05, 0.1) is 12.3 Å². The molecule has 4 nitrogen and oxygen atoms in total. The van der Waals surface area contributed by atoms with Crippen molar-refractivity contribution in [2.24, 2.45) is 5.92 Å². The van der Waals surface area contributed by atoms with Gasteiger partial charge >= 0.3 is 0 Å². The highest BCUT2D eigenvalue weighted by atomic mass is 32.2. The summed E-state index contributed by atoms with van der Waals surface area (Å²) in [6.07, 6.45) is 3.24. The second-order valence-electron chi connectivity index (χ2n) is 6.72. The Kier molecular flexibility index (Phi) is 5.57. The zero-order valence-corrected chi connectivity index (χ0v) is 15.5. The molecule has 0 bridgehead atoms. The van der Waals surface area contributed by atoms with Gasteiger partial charge in [-0.05, 0) is 23.5 Å². The van der Waals surface area contributed by atoms with Gasteiger partial charge in [0.1, 0.15) is 0 Å². The van der Waals surface area contributed by atoms with Crippen molar-refractivity contribution in [2.45, 2.75) is 31.7 Å². The van der Waals surface area contributed by atoms with Gasteiger partial charge in [-0.15, -0.1) is 0 Å². The van der Waals surface area contributed by atoms with E-state index in [2.05, 4.69) is 31.2 Å². The third-order valence-electron chi connectivity index (χ3n) is 4.78. The maximum Gasteiger partial charge on any atom is 0.280 e. The molecule has 1 aliphatic heterocycles. The summed E-state index contributed by atoms with van der Waals surface area (Å²) in [5.74, 6) is 0.492. The zero-order valence-electron chi connectivity index (χ0n) is 14.7. The van der Waals surface area contributed by atoms with Gasteiger partial charge in [-0.3, -0.25) is 0 Å². The van der Waals surface area contributed by atoms with E-state index in [0.717, 1.165) is 19.1 Å². The smallest absolute Gasteiger partial charge is 0.198 e. The Bertz CT molecular complexity index is 738. The van der Waals surface area contributed by atoms with Crippen LogP contribution in [0.15, 0.2) is 60.7 Å². The lowest BCUT2D eigenvalue weighted by Crippen LogP contribution is -2.59. The quantitative estimate of drug-likeness (QED) is 0.754. The molecule has 3 rings (SSSR count). The molecular formula is C20H25NO3S. The molecule has 0 aromatic heterocycles. The summed E-state index contributed by atoms with van der Waals surface area (Å²) in [4.78, 5) is 0. The Morgan fingerprint density at radius 1 is 1.04 bits per heavy atom. The molecule has 0 radical (unpaired) electrons. The van der Waals surface area contributed by atoms with Crippen LogP contribution in [0, 0.1) is 5.92 Å². The van der Waals surface area contributed by atoms with Gasteiger partial charge in [0.25, 0.3) is 10.1 Å². The van der Waals surface area contributed by atoms with Crippen LogP contribution in [-0.2, 0) is 14.4 Å². The molecule has 1 aliphatic rings. The van der Waals surface area contributed by atoms with Crippen LogP contribution < -0.4 is 0 Å². The van der Waals surface area contributed by atoms with Crippen molar-refractivity contribution in [3.8, 4) is 0 Å². The van der Waals surface area contributed by atoms with E-state index in [-0.39, 0.29) is 12.0 Å². The van der Waals surface area contributed by atoms with Crippen molar-refractivity contribution in [2.75, 3.05) is 12.8 Å². The molecule has 2 aromatic carbocycles. The van der Waals surface area contributed by atoms with Crippen molar-refractivity contribution in [1.29, 1.82) is 0 Å². The molecule has 2 unspecified atom stereocenters. The van der Waals surface area contributed by atoms with Crippen molar-refractivity contribution >= 4 is 10.1 Å². The number of benzene rings is 2. The topological polar surface area (TPSA) is 46.6 Å². The molecule has 25 heavy (non-hydrogen) atoms. The van der Waals surface area contributed by atoms with E-state index in [9.17, 15) is 8.42 Å². The minimum atomic E-state index is -3.53. The average Bonchev–Trinajstić information content (AvgIpc) is 2.59. The fourth-order valence-electron chi connectivity index (χ4n) is 3.79. The lowest BCUT2D eigenvalue weighted by atomic mass is 9.73. The van der Waals surface area contributed by atoms with E-state index in [0.29, 0.717) is 12.5 Å². The Labute approximate surface area is 150 Å². The van der Waals surface area contributed by atoms with Crippen LogP contribution in [0.25, 0.3) is 0 Å². The zero-order chi connectivity index (χ0) is 17.9. The normalized spacial score (nSPS) is 21.2. The summed E-state index contributed by atoms with van der Waals surface area (Å²) >= 11 is 0. The molecule has 0 spiro atoms. The molecule has 0 saturated carbocycles. The summed E-state index contributed by atoms with van der Waals surface area (Å²) in [6.45, 7) is 2.82. The molecule has 0 amide bonds. The minimum absolute atomic E-state index is 0.0134. The largest absolute Gasteiger partial charge is 0.280 e. The average molecular weight is 359 g/mol. The highest BCUT2D eigenvalue weighted by Gasteiger charge is 2.46. The fourth-order valence-corrected chi connectivity index (χ4v) is 4.30. The first kappa shape index (κ1) is 18.1. The van der Waals surface area contributed by atoms with E-state index < -0.39 is 10.1 Å². The van der Waals surface area contributed by atoms with Gasteiger partial charge in [0.15, 0.2) is 0 Å². The van der Waals surface area contributed by atoms with Crippen LogP contribution in [0.5, 0.6) is 0 Å². The van der Waals surface area contributed by atoms with Crippen molar-refractivity contribution in [1.82, 2.24) is 5.06 Å². The van der Waals surface area contributed by atoms with Crippen LogP contribution >= 0.6 is 0 Å². The molecule has 2 aromatic rings. The Morgan fingerprint density at radius 2 is 1.56 bits per heavy atom. The summed E-state index contributed by atoms with van der Waals surface area (Å²) in [7, 11) is -3.53. The number of hydrogen-bond donors (Lipinski definition) is 0. The second kappa shape index (κ2) is 7.68. The van der Waals surface area contributed by atoms with E-state index in [1.54, 1.807) is 5.06 Å². The maximum atomic E-state index is 11.7. The van der Waals surface area contributed by atoms with Crippen molar-refractivity contribution in [3.63, 3.8) is 0 Å². The van der Waals surface area contributed by atoms with Crippen LogP contribution in [0.4, 0.5) is 0 Å². The summed E-state index contributed by atoms with van der Waals surface area (Å²) in [5, 5.41) is 1.65. The third kappa shape index (κ3) is 4.29. The Morgan fingerprint density at radius 3 is 2.00 bits per heavy atom. The first-order valence-corrected chi connectivity index (χ1v) is 10.6. The number of rotatable bonds is 7. The van der Waals surface area contributed by atoms with E-state index in [1.165, 1.54) is 11.1 Å². The van der Waals surface area contributed by atoms with E-state index >= 15 is 0 Å². The van der Waals surface area contributed by atoms with Crippen LogP contribution in [0.3, 0.4) is 0 Å². The summed E-state index contributed by atoms with van der Waals surface area (Å²) in [6, 6.07) is 20.6. The monoisotopic (exact) mass is 359 g/mol. The van der Waals surface area contributed by atoms with Gasteiger partial charge in [-0.2, -0.15) is 17.8 Å². The molecule has 0 aliphatic carbocycles. The third-order valence-corrected chi connectivity index (χ3v) is 5.24. The molecule has 5 heteroatoms. The Balaban J connectivity index is 1.99. The molecule has 1 heterocycles. The second-order valence-corrected chi connectivity index (χ2v) is 8.27. The number of hydrogen-bond acceptors (Lipinski definition) is 4. The molecular weight excluding hydrogens is 334 g/mol. The molecule has 1 fully saturated rings.